The summed E-state index contributed by atoms with van der Waals surface area (Å²) < 4.78 is 18.6. The Bertz CT molecular complexity index is 499. The molecule has 0 fully saturated rings. The first-order chi connectivity index (χ1) is 8.29. The van der Waals surface area contributed by atoms with Crippen molar-refractivity contribution in [2.24, 2.45) is 0 Å². The first-order valence-corrected chi connectivity index (χ1v) is 5.84. The Morgan fingerprint density at radius 2 is 1.88 bits per heavy atom. The van der Waals surface area contributed by atoms with Gasteiger partial charge in [0.05, 0.1) is 5.88 Å². The van der Waals surface area contributed by atoms with E-state index in [4.69, 9.17) is 16.3 Å². The minimum absolute atomic E-state index is 0.253. The van der Waals surface area contributed by atoms with Gasteiger partial charge in [-0.2, -0.15) is 0 Å². The Morgan fingerprint density at radius 1 is 1.06 bits per heavy atom. The SMILES string of the molecule is Fc1cccc(COc2ccccc2CCl)c1. The number of para-hydroxylation sites is 1. The molecule has 0 bridgehead atoms. The average Bonchev–Trinajstić information content (AvgIpc) is 2.37. The third kappa shape index (κ3) is 3.21. The molecule has 0 aliphatic rings. The maximum atomic E-state index is 13.0. The molecule has 0 unspecified atom stereocenters. The number of alkyl halides is 1. The topological polar surface area (TPSA) is 9.23 Å². The molecule has 1 nitrogen and oxygen atoms in total. The van der Waals surface area contributed by atoms with Crippen molar-refractivity contribution in [1.29, 1.82) is 0 Å². The van der Waals surface area contributed by atoms with E-state index in [-0.39, 0.29) is 5.82 Å². The van der Waals surface area contributed by atoms with Crippen molar-refractivity contribution in [3.8, 4) is 5.75 Å². The average molecular weight is 251 g/mol. The summed E-state index contributed by atoms with van der Waals surface area (Å²) in [5.41, 5.74) is 1.74. The zero-order chi connectivity index (χ0) is 12.1. The van der Waals surface area contributed by atoms with Crippen molar-refractivity contribution in [3.05, 3.63) is 65.5 Å². The maximum absolute atomic E-state index is 13.0. The van der Waals surface area contributed by atoms with E-state index >= 15 is 0 Å². The highest BCUT2D eigenvalue weighted by Crippen LogP contribution is 2.21. The molecular weight excluding hydrogens is 239 g/mol. The van der Waals surface area contributed by atoms with Crippen LogP contribution in [0.25, 0.3) is 0 Å². The standard InChI is InChI=1S/C14H12ClFO/c15-9-12-5-1-2-7-14(12)17-10-11-4-3-6-13(16)8-11/h1-8H,9-10H2. The first-order valence-electron chi connectivity index (χ1n) is 5.30. The fraction of sp³-hybridized carbons (Fsp3) is 0.143. The molecule has 0 aliphatic carbocycles. The van der Waals surface area contributed by atoms with Gasteiger partial charge in [0.2, 0.25) is 0 Å². The number of ether oxygens (including phenoxy) is 1. The lowest BCUT2D eigenvalue weighted by atomic mass is 10.2. The monoisotopic (exact) mass is 250 g/mol. The van der Waals surface area contributed by atoms with E-state index in [1.807, 2.05) is 30.3 Å². The lowest BCUT2D eigenvalue weighted by Gasteiger charge is -2.09. The lowest BCUT2D eigenvalue weighted by molar-refractivity contribution is 0.303. The van der Waals surface area contributed by atoms with Gasteiger partial charge in [-0.15, -0.1) is 11.6 Å². The predicted octanol–water partition coefficient (Wildman–Crippen LogP) is 4.14. The Labute approximate surface area is 105 Å². The Kier molecular flexibility index (Phi) is 3.99. The number of rotatable bonds is 4. The molecule has 0 atom stereocenters. The molecule has 0 saturated carbocycles. The summed E-state index contributed by atoms with van der Waals surface area (Å²) >= 11 is 5.80. The van der Waals surface area contributed by atoms with Crippen molar-refractivity contribution in [3.63, 3.8) is 0 Å². The van der Waals surface area contributed by atoms with Gasteiger partial charge >= 0.3 is 0 Å². The van der Waals surface area contributed by atoms with Crippen LogP contribution in [-0.4, -0.2) is 0 Å². The summed E-state index contributed by atoms with van der Waals surface area (Å²) in [6, 6.07) is 13.9. The van der Waals surface area contributed by atoms with Crippen LogP contribution in [0.15, 0.2) is 48.5 Å². The molecule has 17 heavy (non-hydrogen) atoms. The second kappa shape index (κ2) is 5.69. The van der Waals surface area contributed by atoms with Crippen LogP contribution in [0, 0.1) is 5.82 Å². The Hall–Kier alpha value is -1.54. The van der Waals surface area contributed by atoms with E-state index in [2.05, 4.69) is 0 Å². The van der Waals surface area contributed by atoms with Gasteiger partial charge in [0, 0.05) is 5.56 Å². The Morgan fingerprint density at radius 3 is 2.65 bits per heavy atom. The van der Waals surface area contributed by atoms with Crippen molar-refractivity contribution in [2.75, 3.05) is 0 Å². The van der Waals surface area contributed by atoms with Gasteiger partial charge in [0.1, 0.15) is 18.2 Å². The molecule has 2 rings (SSSR count). The highest BCUT2D eigenvalue weighted by atomic mass is 35.5. The van der Waals surface area contributed by atoms with Crippen molar-refractivity contribution in [1.82, 2.24) is 0 Å². The van der Waals surface area contributed by atoms with Gasteiger partial charge in [-0.1, -0.05) is 30.3 Å². The molecule has 0 aromatic heterocycles. The van der Waals surface area contributed by atoms with Gasteiger partial charge in [-0.3, -0.25) is 0 Å². The fourth-order valence-electron chi connectivity index (χ4n) is 1.54. The number of benzene rings is 2. The second-order valence-corrected chi connectivity index (χ2v) is 3.93. The van der Waals surface area contributed by atoms with Crippen molar-refractivity contribution < 1.29 is 9.13 Å². The summed E-state index contributed by atoms with van der Waals surface area (Å²) in [6.07, 6.45) is 0. The summed E-state index contributed by atoms with van der Waals surface area (Å²) in [7, 11) is 0. The number of halogens is 2. The van der Waals surface area contributed by atoms with Crippen LogP contribution >= 0.6 is 11.6 Å². The fourth-order valence-corrected chi connectivity index (χ4v) is 1.76. The first kappa shape index (κ1) is 11.9. The van der Waals surface area contributed by atoms with E-state index in [0.717, 1.165) is 16.9 Å². The van der Waals surface area contributed by atoms with Crippen molar-refractivity contribution in [2.45, 2.75) is 12.5 Å². The molecule has 0 aliphatic heterocycles. The summed E-state index contributed by atoms with van der Waals surface area (Å²) in [5, 5.41) is 0. The molecule has 3 heteroatoms. The van der Waals surface area contributed by atoms with Crippen LogP contribution in [0.5, 0.6) is 5.75 Å². The van der Waals surface area contributed by atoms with Crippen LogP contribution in [0.1, 0.15) is 11.1 Å². The highest BCUT2D eigenvalue weighted by molar-refractivity contribution is 6.17. The van der Waals surface area contributed by atoms with Gasteiger partial charge in [0.25, 0.3) is 0 Å². The van der Waals surface area contributed by atoms with E-state index in [1.54, 1.807) is 6.07 Å². The van der Waals surface area contributed by atoms with Crippen LogP contribution < -0.4 is 4.74 Å². The second-order valence-electron chi connectivity index (χ2n) is 3.66. The molecule has 88 valence electrons. The molecule has 0 saturated heterocycles. The molecule has 0 amide bonds. The van der Waals surface area contributed by atoms with Gasteiger partial charge in [0.15, 0.2) is 0 Å². The summed E-state index contributed by atoms with van der Waals surface area (Å²) in [6.45, 7) is 0.339. The molecule has 2 aromatic carbocycles. The lowest BCUT2D eigenvalue weighted by Crippen LogP contribution is -1.98. The molecule has 0 heterocycles. The predicted molar refractivity (Wildman–Crippen MR) is 66.7 cm³/mol. The van der Waals surface area contributed by atoms with E-state index in [0.29, 0.717) is 12.5 Å². The highest BCUT2D eigenvalue weighted by Gasteiger charge is 2.02. The van der Waals surface area contributed by atoms with Gasteiger partial charge < -0.3 is 4.74 Å². The normalized spacial score (nSPS) is 10.2. The van der Waals surface area contributed by atoms with Crippen molar-refractivity contribution >= 4 is 11.6 Å². The zero-order valence-corrected chi connectivity index (χ0v) is 9.95. The molecule has 0 N–H and O–H groups in total. The summed E-state index contributed by atoms with van der Waals surface area (Å²) in [4.78, 5) is 0. The maximum Gasteiger partial charge on any atom is 0.124 e. The third-order valence-electron chi connectivity index (χ3n) is 2.40. The summed E-state index contributed by atoms with van der Waals surface area (Å²) in [5.74, 6) is 0.891. The van der Waals surface area contributed by atoms with Crippen LogP contribution in [0.3, 0.4) is 0 Å². The smallest absolute Gasteiger partial charge is 0.124 e. The molecule has 0 spiro atoms. The van der Waals surface area contributed by atoms with Gasteiger partial charge in [-0.25, -0.2) is 4.39 Å². The van der Waals surface area contributed by atoms with E-state index in [1.165, 1.54) is 12.1 Å². The largest absolute Gasteiger partial charge is 0.489 e. The minimum Gasteiger partial charge on any atom is -0.489 e. The van der Waals surface area contributed by atoms with Crippen LogP contribution in [0.4, 0.5) is 4.39 Å². The minimum atomic E-state index is -0.253. The van der Waals surface area contributed by atoms with E-state index < -0.39 is 0 Å². The van der Waals surface area contributed by atoms with Crippen LogP contribution in [-0.2, 0) is 12.5 Å². The molecular formula is C14H12ClFO. The zero-order valence-electron chi connectivity index (χ0n) is 9.20. The van der Waals surface area contributed by atoms with E-state index in [9.17, 15) is 4.39 Å². The number of hydrogen-bond acceptors (Lipinski definition) is 1. The quantitative estimate of drug-likeness (QED) is 0.741. The molecule has 0 radical (unpaired) electrons. The molecule has 2 aromatic rings. The number of hydrogen-bond donors (Lipinski definition) is 0. The van der Waals surface area contributed by atoms with Crippen LogP contribution in [0.2, 0.25) is 0 Å². The third-order valence-corrected chi connectivity index (χ3v) is 2.69. The Balaban J connectivity index is 2.07. The van der Waals surface area contributed by atoms with Gasteiger partial charge in [-0.05, 0) is 23.8 Å².